The van der Waals surface area contributed by atoms with Gasteiger partial charge in [0.25, 0.3) is 0 Å². The summed E-state index contributed by atoms with van der Waals surface area (Å²) in [5, 5.41) is 2.77. The Morgan fingerprint density at radius 3 is 2.33 bits per heavy atom. The molecule has 1 saturated heterocycles. The molecule has 5 nitrogen and oxygen atoms in total. The Labute approximate surface area is 144 Å². The standard InChI is InChI=1S/C19H28N2O3/c1-19(2,3)24-18(23)20-16(14-15-10-6-4-7-11-15)17(22)21-12-8-5-9-13-21/h4,6-7,10-11,16H,5,8-9,12-14H2,1-3H3,(H,20,23)/t16-/m1/s1. The Morgan fingerprint density at radius 2 is 1.75 bits per heavy atom. The summed E-state index contributed by atoms with van der Waals surface area (Å²) in [5.74, 6) is -0.0237. The highest BCUT2D eigenvalue weighted by Crippen LogP contribution is 2.14. The zero-order valence-electron chi connectivity index (χ0n) is 14.9. The lowest BCUT2D eigenvalue weighted by molar-refractivity contribution is -0.134. The van der Waals surface area contributed by atoms with Gasteiger partial charge in [-0.05, 0) is 45.6 Å². The molecule has 1 N–H and O–H groups in total. The van der Waals surface area contributed by atoms with Gasteiger partial charge in [-0.1, -0.05) is 30.3 Å². The molecule has 1 atom stereocenters. The summed E-state index contributed by atoms with van der Waals surface area (Å²) in [7, 11) is 0. The Bertz CT molecular complexity index is 545. The minimum absolute atomic E-state index is 0.0237. The van der Waals surface area contributed by atoms with Crippen molar-refractivity contribution in [2.45, 2.75) is 58.1 Å². The fourth-order valence-electron chi connectivity index (χ4n) is 2.83. The summed E-state index contributed by atoms with van der Waals surface area (Å²) in [6, 6.07) is 9.14. The van der Waals surface area contributed by atoms with Gasteiger partial charge in [0.15, 0.2) is 0 Å². The lowest BCUT2D eigenvalue weighted by atomic mass is 10.0. The van der Waals surface area contributed by atoms with Gasteiger partial charge in [0.2, 0.25) is 5.91 Å². The highest BCUT2D eigenvalue weighted by atomic mass is 16.6. The fourth-order valence-corrected chi connectivity index (χ4v) is 2.83. The first kappa shape index (κ1) is 18.3. The SMILES string of the molecule is CC(C)(C)OC(=O)N[C@H](Cc1ccccc1)C(=O)N1CCCCC1. The predicted molar refractivity (Wildman–Crippen MR) is 93.7 cm³/mol. The van der Waals surface area contributed by atoms with Crippen molar-refractivity contribution >= 4 is 12.0 Å². The lowest BCUT2D eigenvalue weighted by Gasteiger charge is -2.31. The molecule has 1 aromatic carbocycles. The second kappa shape index (κ2) is 8.18. The molecule has 1 aliphatic heterocycles. The molecule has 0 unspecified atom stereocenters. The Kier molecular flexibility index (Phi) is 6.23. The third-order valence-corrected chi connectivity index (χ3v) is 3.94. The molecule has 2 rings (SSSR count). The maximum atomic E-state index is 12.9. The fraction of sp³-hybridized carbons (Fsp3) is 0.579. The van der Waals surface area contributed by atoms with E-state index in [0.717, 1.165) is 37.9 Å². The van der Waals surface area contributed by atoms with E-state index in [-0.39, 0.29) is 5.91 Å². The number of carbonyl (C=O) groups excluding carboxylic acids is 2. The first-order valence-electron chi connectivity index (χ1n) is 8.67. The molecular weight excluding hydrogens is 304 g/mol. The van der Waals surface area contributed by atoms with E-state index >= 15 is 0 Å². The highest BCUT2D eigenvalue weighted by Gasteiger charge is 2.28. The molecule has 24 heavy (non-hydrogen) atoms. The van der Waals surface area contributed by atoms with E-state index in [2.05, 4.69) is 5.32 Å². The van der Waals surface area contributed by atoms with Gasteiger partial charge in [0.1, 0.15) is 11.6 Å². The molecule has 1 aliphatic rings. The molecule has 0 spiro atoms. The Hall–Kier alpha value is -2.04. The highest BCUT2D eigenvalue weighted by molar-refractivity contribution is 5.86. The van der Waals surface area contributed by atoms with Gasteiger partial charge in [-0.3, -0.25) is 4.79 Å². The van der Waals surface area contributed by atoms with Gasteiger partial charge in [-0.2, -0.15) is 0 Å². The normalized spacial score (nSPS) is 16.4. The largest absolute Gasteiger partial charge is 0.444 e. The van der Waals surface area contributed by atoms with Crippen molar-refractivity contribution in [1.29, 1.82) is 0 Å². The predicted octanol–water partition coefficient (Wildman–Crippen LogP) is 3.13. The molecule has 0 bridgehead atoms. The Morgan fingerprint density at radius 1 is 1.12 bits per heavy atom. The summed E-state index contributed by atoms with van der Waals surface area (Å²) in [6.45, 7) is 6.96. The van der Waals surface area contributed by atoms with Crippen LogP contribution in [-0.4, -0.2) is 41.6 Å². The molecule has 5 heteroatoms. The van der Waals surface area contributed by atoms with Crippen molar-refractivity contribution in [1.82, 2.24) is 10.2 Å². The topological polar surface area (TPSA) is 58.6 Å². The molecule has 1 aromatic rings. The van der Waals surface area contributed by atoms with Gasteiger partial charge in [-0.15, -0.1) is 0 Å². The van der Waals surface area contributed by atoms with Gasteiger partial charge in [-0.25, -0.2) is 4.79 Å². The number of ether oxygens (including phenoxy) is 1. The van der Waals surface area contributed by atoms with Crippen LogP contribution in [0, 0.1) is 0 Å². The second-order valence-corrected chi connectivity index (χ2v) is 7.27. The van der Waals surface area contributed by atoms with Crippen LogP contribution in [0.3, 0.4) is 0 Å². The number of nitrogens with zero attached hydrogens (tertiary/aromatic N) is 1. The van der Waals surface area contributed by atoms with Crippen molar-refractivity contribution in [2.75, 3.05) is 13.1 Å². The molecule has 1 fully saturated rings. The van der Waals surface area contributed by atoms with Crippen LogP contribution in [0.25, 0.3) is 0 Å². The average Bonchev–Trinajstić information content (AvgIpc) is 2.53. The number of likely N-dealkylation sites (tertiary alicyclic amines) is 1. The molecule has 1 heterocycles. The van der Waals surface area contributed by atoms with E-state index in [1.807, 2.05) is 56.0 Å². The summed E-state index contributed by atoms with van der Waals surface area (Å²) < 4.78 is 5.32. The molecule has 0 radical (unpaired) electrons. The van der Waals surface area contributed by atoms with Gasteiger partial charge >= 0.3 is 6.09 Å². The van der Waals surface area contributed by atoms with E-state index < -0.39 is 17.7 Å². The quantitative estimate of drug-likeness (QED) is 0.921. The number of carbonyl (C=O) groups is 2. The summed E-state index contributed by atoms with van der Waals surface area (Å²) in [5.41, 5.74) is 0.430. The van der Waals surface area contributed by atoms with Crippen LogP contribution in [0.5, 0.6) is 0 Å². The van der Waals surface area contributed by atoms with Crippen molar-refractivity contribution in [3.05, 3.63) is 35.9 Å². The second-order valence-electron chi connectivity index (χ2n) is 7.27. The van der Waals surface area contributed by atoms with Gasteiger partial charge in [0.05, 0.1) is 0 Å². The van der Waals surface area contributed by atoms with Gasteiger partial charge < -0.3 is 15.0 Å². The van der Waals surface area contributed by atoms with Crippen LogP contribution in [0.2, 0.25) is 0 Å². The number of alkyl carbamates (subject to hydrolysis) is 1. The first-order valence-corrected chi connectivity index (χ1v) is 8.67. The number of benzene rings is 1. The van der Waals surface area contributed by atoms with Crippen LogP contribution < -0.4 is 5.32 Å². The average molecular weight is 332 g/mol. The number of nitrogens with one attached hydrogen (secondary N) is 1. The minimum atomic E-state index is -0.597. The molecule has 2 amide bonds. The smallest absolute Gasteiger partial charge is 0.408 e. The van der Waals surface area contributed by atoms with Crippen LogP contribution in [0.4, 0.5) is 4.79 Å². The van der Waals surface area contributed by atoms with Crippen LogP contribution in [-0.2, 0) is 16.0 Å². The zero-order valence-corrected chi connectivity index (χ0v) is 14.9. The van der Waals surface area contributed by atoms with E-state index in [1.165, 1.54) is 0 Å². The van der Waals surface area contributed by atoms with E-state index in [9.17, 15) is 9.59 Å². The van der Waals surface area contributed by atoms with Crippen molar-refractivity contribution in [3.8, 4) is 0 Å². The summed E-state index contributed by atoms with van der Waals surface area (Å²) in [4.78, 5) is 26.9. The van der Waals surface area contributed by atoms with E-state index in [0.29, 0.717) is 6.42 Å². The number of hydrogen-bond donors (Lipinski definition) is 1. The maximum Gasteiger partial charge on any atom is 0.408 e. The monoisotopic (exact) mass is 332 g/mol. The maximum absolute atomic E-state index is 12.9. The number of piperidine rings is 1. The summed E-state index contributed by atoms with van der Waals surface area (Å²) in [6.07, 6.45) is 3.13. The van der Waals surface area contributed by atoms with Crippen LogP contribution >= 0.6 is 0 Å². The first-order chi connectivity index (χ1) is 11.3. The van der Waals surface area contributed by atoms with Gasteiger partial charge in [0, 0.05) is 19.5 Å². The van der Waals surface area contributed by atoms with E-state index in [1.54, 1.807) is 0 Å². The molecule has 0 saturated carbocycles. The van der Waals surface area contributed by atoms with Crippen molar-refractivity contribution < 1.29 is 14.3 Å². The molecule has 0 aliphatic carbocycles. The Balaban J connectivity index is 2.08. The van der Waals surface area contributed by atoms with Crippen molar-refractivity contribution in [3.63, 3.8) is 0 Å². The molecular formula is C19H28N2O3. The van der Waals surface area contributed by atoms with Crippen LogP contribution in [0.15, 0.2) is 30.3 Å². The van der Waals surface area contributed by atoms with E-state index in [4.69, 9.17) is 4.74 Å². The molecule has 0 aromatic heterocycles. The lowest BCUT2D eigenvalue weighted by Crippen LogP contribution is -2.51. The number of hydrogen-bond acceptors (Lipinski definition) is 3. The number of amides is 2. The minimum Gasteiger partial charge on any atom is -0.444 e. The van der Waals surface area contributed by atoms with Crippen molar-refractivity contribution in [2.24, 2.45) is 0 Å². The summed E-state index contributed by atoms with van der Waals surface area (Å²) >= 11 is 0. The third-order valence-electron chi connectivity index (χ3n) is 3.94. The number of rotatable bonds is 4. The molecule has 132 valence electrons. The van der Waals surface area contributed by atoms with Crippen LogP contribution in [0.1, 0.15) is 45.6 Å². The third kappa shape index (κ3) is 5.87. The zero-order chi connectivity index (χ0) is 17.6.